The van der Waals surface area contributed by atoms with Gasteiger partial charge in [-0.2, -0.15) is 11.8 Å². The van der Waals surface area contributed by atoms with Crippen LogP contribution in [0.4, 0.5) is 10.1 Å². The molecule has 6 heterocycles. The van der Waals surface area contributed by atoms with Gasteiger partial charge in [0, 0.05) is 94.1 Å². The highest BCUT2D eigenvalue weighted by Crippen LogP contribution is 2.31. The van der Waals surface area contributed by atoms with E-state index in [0.717, 1.165) is 103 Å². The van der Waals surface area contributed by atoms with E-state index >= 15 is 4.39 Å². The van der Waals surface area contributed by atoms with Crippen molar-refractivity contribution in [1.29, 1.82) is 0 Å². The summed E-state index contributed by atoms with van der Waals surface area (Å²) in [5.74, 6) is 0.467. The Kier molecular flexibility index (Phi) is 11.2. The van der Waals surface area contributed by atoms with Crippen molar-refractivity contribution in [2.24, 2.45) is 5.92 Å². The summed E-state index contributed by atoms with van der Waals surface area (Å²) in [4.78, 5) is 66.1. The third-order valence-corrected chi connectivity index (χ3v) is 13.0. The lowest BCUT2D eigenvalue weighted by molar-refractivity contribution is -0.136. The Hall–Kier alpha value is -4.05. The average Bonchev–Trinajstić information content (AvgIpc) is 3.51. The Bertz CT molecular complexity index is 1940. The van der Waals surface area contributed by atoms with E-state index in [4.69, 9.17) is 9.47 Å². The predicted octanol–water partition coefficient (Wildman–Crippen LogP) is 3.15. The first-order chi connectivity index (χ1) is 26.3. The van der Waals surface area contributed by atoms with Gasteiger partial charge < -0.3 is 29.2 Å². The molecule has 1 unspecified atom stereocenters. The fraction of sp³-hybridized carbons (Fsp3) is 0.564. The van der Waals surface area contributed by atoms with Crippen molar-refractivity contribution in [3.05, 3.63) is 63.5 Å². The molecule has 2 aromatic carbocycles. The van der Waals surface area contributed by atoms with Gasteiger partial charge in [-0.05, 0) is 74.9 Å². The maximum Gasteiger partial charge on any atom is 0.261 e. The molecule has 0 bridgehead atoms. The molecule has 0 spiro atoms. The van der Waals surface area contributed by atoms with Crippen LogP contribution in [0, 0.1) is 11.7 Å². The van der Waals surface area contributed by atoms with Crippen molar-refractivity contribution in [2.45, 2.75) is 62.1 Å². The van der Waals surface area contributed by atoms with Gasteiger partial charge in [-0.15, -0.1) is 0 Å². The van der Waals surface area contributed by atoms with E-state index in [1.807, 2.05) is 12.1 Å². The fourth-order valence-electron chi connectivity index (χ4n) is 8.30. The van der Waals surface area contributed by atoms with Crippen LogP contribution in [-0.4, -0.2) is 126 Å². The Morgan fingerprint density at radius 2 is 1.67 bits per heavy atom. The molecule has 54 heavy (non-hydrogen) atoms. The minimum absolute atomic E-state index is 0.0297. The summed E-state index contributed by atoms with van der Waals surface area (Å²) >= 11 is 1.75. The number of benzene rings is 2. The second-order valence-electron chi connectivity index (χ2n) is 15.1. The third kappa shape index (κ3) is 8.28. The molecule has 13 nitrogen and oxygen atoms in total. The maximum absolute atomic E-state index is 15.0. The molecule has 3 aromatic rings. The lowest BCUT2D eigenvalue weighted by Gasteiger charge is -2.38. The molecule has 2 N–H and O–H groups in total. The Morgan fingerprint density at radius 1 is 0.907 bits per heavy atom. The van der Waals surface area contributed by atoms with Gasteiger partial charge in [-0.3, -0.25) is 29.4 Å². The van der Waals surface area contributed by atoms with Crippen molar-refractivity contribution < 1.29 is 28.2 Å². The monoisotopic (exact) mass is 761 g/mol. The van der Waals surface area contributed by atoms with Crippen LogP contribution in [-0.2, 0) is 26.6 Å². The highest BCUT2D eigenvalue weighted by Gasteiger charge is 2.39. The quantitative estimate of drug-likeness (QED) is 0.279. The van der Waals surface area contributed by atoms with Crippen molar-refractivity contribution in [2.75, 3.05) is 77.1 Å². The number of aromatic nitrogens is 2. The van der Waals surface area contributed by atoms with Gasteiger partial charge in [0.25, 0.3) is 11.5 Å². The van der Waals surface area contributed by atoms with E-state index in [2.05, 4.69) is 36.1 Å². The van der Waals surface area contributed by atoms with Crippen LogP contribution in [0.5, 0.6) is 5.75 Å². The molecule has 8 rings (SSSR count). The van der Waals surface area contributed by atoms with Crippen LogP contribution in [0.2, 0.25) is 0 Å². The number of piperidine rings is 2. The smallest absolute Gasteiger partial charge is 0.261 e. The number of aromatic amines is 1. The number of carbonyl (C=O) groups is 3. The zero-order valence-corrected chi connectivity index (χ0v) is 31.3. The summed E-state index contributed by atoms with van der Waals surface area (Å²) in [6, 6.07) is 8.36. The second-order valence-corrected chi connectivity index (χ2v) is 16.4. The number of rotatable bonds is 11. The minimum atomic E-state index is -0.613. The first kappa shape index (κ1) is 36.9. The number of ether oxygens (including phenoxy) is 2. The molecule has 1 aromatic heterocycles. The number of likely N-dealkylation sites (tertiary alicyclic amines) is 1. The minimum Gasteiger partial charge on any atom is -0.493 e. The predicted molar refractivity (Wildman–Crippen MR) is 203 cm³/mol. The van der Waals surface area contributed by atoms with E-state index in [1.54, 1.807) is 22.7 Å². The van der Waals surface area contributed by atoms with Crippen molar-refractivity contribution in [1.82, 2.24) is 30.0 Å². The maximum atomic E-state index is 15.0. The van der Waals surface area contributed by atoms with E-state index < -0.39 is 17.4 Å². The van der Waals surface area contributed by atoms with Crippen LogP contribution in [0.15, 0.2) is 35.1 Å². The molecule has 0 saturated carbocycles. The van der Waals surface area contributed by atoms with Gasteiger partial charge in [-0.25, -0.2) is 9.37 Å². The average molecular weight is 762 g/mol. The van der Waals surface area contributed by atoms with Crippen LogP contribution in [0.25, 0.3) is 10.9 Å². The number of nitrogens with zero attached hydrogens (tertiary/aromatic N) is 5. The van der Waals surface area contributed by atoms with Crippen LogP contribution in [0.3, 0.4) is 0 Å². The molecule has 5 aliphatic rings. The van der Waals surface area contributed by atoms with Gasteiger partial charge in [0.05, 0.1) is 17.9 Å². The molecule has 288 valence electrons. The SMILES string of the molecule is O=C1CCC(N2Cc3cc(N4CCN(CCN5CCC(COc6cc(F)c7c(=O)[nH]c(CSC8CCOCC8)nc7c6)CC5)CC4)ccc3C2=O)C(=O)N1. The summed E-state index contributed by atoms with van der Waals surface area (Å²) in [5, 5.41) is 2.81. The third-order valence-electron chi connectivity index (χ3n) is 11.6. The lowest BCUT2D eigenvalue weighted by atomic mass is 9.98. The molecule has 1 atom stereocenters. The van der Waals surface area contributed by atoms with Gasteiger partial charge in [-0.1, -0.05) is 0 Å². The second kappa shape index (κ2) is 16.4. The first-order valence-electron chi connectivity index (χ1n) is 19.3. The summed E-state index contributed by atoms with van der Waals surface area (Å²) in [6.45, 7) is 10.1. The van der Waals surface area contributed by atoms with Crippen LogP contribution < -0.4 is 20.5 Å². The Morgan fingerprint density at radius 3 is 2.43 bits per heavy atom. The largest absolute Gasteiger partial charge is 0.493 e. The standard InChI is InChI=1S/C39H48FN7O6S/c40-31-20-28(21-32-36(31)38(50)42-34(41-32)24-54-29-7-17-52-18-8-29)53-23-25-5-9-44(10-6-25)11-12-45-13-15-46(16-14-45)27-1-2-30-26(19-27)22-47(39(30)51)33-3-4-35(48)43-37(33)49/h1-2,19-21,25,29,33H,3-18,22-24H2,(H,41,42,50)(H,43,48,49). The van der Waals surface area contributed by atoms with Crippen LogP contribution in [0.1, 0.15) is 60.3 Å². The Labute approximate surface area is 317 Å². The number of halogens is 1. The molecule has 0 aliphatic carbocycles. The molecule has 4 saturated heterocycles. The Balaban J connectivity index is 0.762. The van der Waals surface area contributed by atoms with E-state index in [9.17, 15) is 19.2 Å². The van der Waals surface area contributed by atoms with E-state index in [-0.39, 0.29) is 29.5 Å². The van der Waals surface area contributed by atoms with Crippen molar-refractivity contribution in [3.8, 4) is 5.75 Å². The summed E-state index contributed by atoms with van der Waals surface area (Å²) < 4.78 is 26.6. The number of nitrogens with one attached hydrogen (secondary N) is 2. The number of hydrogen-bond acceptors (Lipinski definition) is 11. The zero-order chi connectivity index (χ0) is 37.2. The molecular weight excluding hydrogens is 714 g/mol. The number of fused-ring (bicyclic) bond motifs is 2. The lowest BCUT2D eigenvalue weighted by Crippen LogP contribution is -2.52. The number of amides is 3. The summed E-state index contributed by atoms with van der Waals surface area (Å²) in [7, 11) is 0. The first-order valence-corrected chi connectivity index (χ1v) is 20.3. The number of H-pyrrole nitrogens is 1. The molecule has 5 aliphatic heterocycles. The van der Waals surface area contributed by atoms with Crippen molar-refractivity contribution in [3.63, 3.8) is 0 Å². The topological polar surface area (TPSA) is 140 Å². The number of hydrogen-bond donors (Lipinski definition) is 2. The van der Waals surface area contributed by atoms with Gasteiger partial charge >= 0.3 is 0 Å². The van der Waals surface area contributed by atoms with Gasteiger partial charge in [0.2, 0.25) is 11.8 Å². The fourth-order valence-corrected chi connectivity index (χ4v) is 9.36. The van der Waals surface area contributed by atoms with Gasteiger partial charge in [0.15, 0.2) is 0 Å². The normalized spacial score (nSPS) is 22.2. The molecule has 3 amide bonds. The molecular formula is C39H48FN7O6S. The van der Waals surface area contributed by atoms with Gasteiger partial charge in [0.1, 0.15) is 28.8 Å². The summed E-state index contributed by atoms with van der Waals surface area (Å²) in [5.41, 5.74) is 2.53. The van der Waals surface area contributed by atoms with Crippen molar-refractivity contribution >= 4 is 46.1 Å². The summed E-state index contributed by atoms with van der Waals surface area (Å²) in [6.07, 6.45) is 4.59. The number of anilines is 1. The van der Waals surface area contributed by atoms with E-state index in [1.165, 1.54) is 6.07 Å². The van der Waals surface area contributed by atoms with Crippen LogP contribution >= 0.6 is 11.8 Å². The molecule has 0 radical (unpaired) electrons. The number of imide groups is 1. The molecule has 15 heteroatoms. The highest BCUT2D eigenvalue weighted by molar-refractivity contribution is 7.99. The van der Waals surface area contributed by atoms with E-state index in [0.29, 0.717) is 59.1 Å². The number of thioether (sulfide) groups is 1. The number of piperazine rings is 1. The highest BCUT2D eigenvalue weighted by atomic mass is 32.2. The molecule has 4 fully saturated rings. The zero-order valence-electron chi connectivity index (χ0n) is 30.5. The number of carbonyl (C=O) groups excluding carboxylic acids is 3.